The first-order valence-electron chi connectivity index (χ1n) is 6.74. The lowest BCUT2D eigenvalue weighted by Crippen LogP contribution is -2.30. The van der Waals surface area contributed by atoms with E-state index in [1.807, 2.05) is 6.92 Å². The molecule has 1 aromatic heterocycles. The molecule has 0 fully saturated rings. The fraction of sp³-hybridized carbons (Fsp3) is 0.357. The largest absolute Gasteiger partial charge is 0.398 e. The molecule has 0 saturated carbocycles. The van der Waals surface area contributed by atoms with E-state index in [1.54, 1.807) is 38.4 Å². The SMILES string of the molecule is CCC(NS(=O)(=O)c1c(C)ccc(N)c1C)c1ncc[nH]1. The van der Waals surface area contributed by atoms with Gasteiger partial charge in [0.25, 0.3) is 0 Å². The third kappa shape index (κ3) is 3.08. The van der Waals surface area contributed by atoms with E-state index in [0.29, 0.717) is 29.1 Å². The van der Waals surface area contributed by atoms with Crippen molar-refractivity contribution in [1.29, 1.82) is 0 Å². The number of H-pyrrole nitrogens is 1. The van der Waals surface area contributed by atoms with Crippen molar-refractivity contribution in [2.75, 3.05) is 5.73 Å². The van der Waals surface area contributed by atoms with Crippen LogP contribution in [0.2, 0.25) is 0 Å². The van der Waals surface area contributed by atoms with Crippen LogP contribution in [-0.2, 0) is 10.0 Å². The Morgan fingerprint density at radius 2 is 2.10 bits per heavy atom. The van der Waals surface area contributed by atoms with E-state index in [-0.39, 0.29) is 4.90 Å². The van der Waals surface area contributed by atoms with Crippen LogP contribution < -0.4 is 10.5 Å². The van der Waals surface area contributed by atoms with E-state index < -0.39 is 16.1 Å². The molecule has 0 aliphatic heterocycles. The van der Waals surface area contributed by atoms with Gasteiger partial charge >= 0.3 is 0 Å². The average molecular weight is 308 g/mol. The van der Waals surface area contributed by atoms with E-state index in [2.05, 4.69) is 14.7 Å². The standard InChI is InChI=1S/C14H20N4O2S/c1-4-12(14-16-7-8-17-14)18-21(19,20)13-9(2)5-6-11(15)10(13)3/h5-8,12,18H,4,15H2,1-3H3,(H,16,17). The van der Waals surface area contributed by atoms with Crippen LogP contribution in [0, 0.1) is 13.8 Å². The highest BCUT2D eigenvalue weighted by molar-refractivity contribution is 7.89. The molecule has 0 amide bonds. The van der Waals surface area contributed by atoms with Crippen molar-refractivity contribution in [2.45, 2.75) is 38.1 Å². The molecule has 0 radical (unpaired) electrons. The van der Waals surface area contributed by atoms with Crippen molar-refractivity contribution in [1.82, 2.24) is 14.7 Å². The Morgan fingerprint density at radius 3 is 2.67 bits per heavy atom. The number of aromatic amines is 1. The summed E-state index contributed by atoms with van der Waals surface area (Å²) in [6.45, 7) is 5.37. The Morgan fingerprint density at radius 1 is 1.38 bits per heavy atom. The number of rotatable bonds is 5. The second-order valence-electron chi connectivity index (χ2n) is 4.98. The molecular formula is C14H20N4O2S. The summed E-state index contributed by atoms with van der Waals surface area (Å²) in [4.78, 5) is 7.30. The highest BCUT2D eigenvalue weighted by Crippen LogP contribution is 2.26. The third-order valence-corrected chi connectivity index (χ3v) is 5.23. The molecule has 0 aliphatic rings. The smallest absolute Gasteiger partial charge is 0.241 e. The highest BCUT2D eigenvalue weighted by atomic mass is 32.2. The minimum absolute atomic E-state index is 0.243. The fourth-order valence-electron chi connectivity index (χ4n) is 2.30. The van der Waals surface area contributed by atoms with Gasteiger partial charge in [0.2, 0.25) is 10.0 Å². The van der Waals surface area contributed by atoms with Crippen LogP contribution in [0.5, 0.6) is 0 Å². The fourth-order valence-corrected chi connectivity index (χ4v) is 4.09. The van der Waals surface area contributed by atoms with Crippen molar-refractivity contribution in [2.24, 2.45) is 0 Å². The van der Waals surface area contributed by atoms with Gasteiger partial charge in [-0.25, -0.2) is 18.1 Å². The first kappa shape index (κ1) is 15.5. The maximum atomic E-state index is 12.7. The summed E-state index contributed by atoms with van der Waals surface area (Å²) in [5.41, 5.74) is 7.53. The number of aromatic nitrogens is 2. The average Bonchev–Trinajstić information content (AvgIpc) is 2.94. The van der Waals surface area contributed by atoms with Crippen molar-refractivity contribution >= 4 is 15.7 Å². The van der Waals surface area contributed by atoms with Crippen LogP contribution in [0.25, 0.3) is 0 Å². The first-order chi connectivity index (χ1) is 9.86. The Labute approximate surface area is 124 Å². The van der Waals surface area contributed by atoms with Gasteiger partial charge in [-0.05, 0) is 37.5 Å². The predicted octanol–water partition coefficient (Wildman–Crippen LogP) is 2.04. The second kappa shape index (κ2) is 5.87. The molecule has 21 heavy (non-hydrogen) atoms. The van der Waals surface area contributed by atoms with Crippen molar-refractivity contribution in [3.63, 3.8) is 0 Å². The summed E-state index contributed by atoms with van der Waals surface area (Å²) in [6, 6.07) is 3.03. The number of aryl methyl sites for hydroxylation is 1. The molecule has 2 aromatic rings. The molecule has 0 bridgehead atoms. The van der Waals surface area contributed by atoms with Gasteiger partial charge in [-0.1, -0.05) is 13.0 Å². The number of hydrogen-bond donors (Lipinski definition) is 3. The number of sulfonamides is 1. The lowest BCUT2D eigenvalue weighted by Gasteiger charge is -2.18. The quantitative estimate of drug-likeness (QED) is 0.736. The number of nitrogens with two attached hydrogens (primary N) is 1. The number of hydrogen-bond acceptors (Lipinski definition) is 4. The first-order valence-corrected chi connectivity index (χ1v) is 8.22. The number of imidazole rings is 1. The Kier molecular flexibility index (Phi) is 4.34. The van der Waals surface area contributed by atoms with Gasteiger partial charge in [0.15, 0.2) is 0 Å². The number of nitrogens with one attached hydrogen (secondary N) is 2. The van der Waals surface area contributed by atoms with Crippen LogP contribution in [0.3, 0.4) is 0 Å². The summed E-state index contributed by atoms with van der Waals surface area (Å²) in [5.74, 6) is 0.597. The molecule has 114 valence electrons. The molecule has 0 aliphatic carbocycles. The zero-order chi connectivity index (χ0) is 15.6. The number of anilines is 1. The molecule has 1 unspecified atom stereocenters. The predicted molar refractivity (Wildman–Crippen MR) is 82.3 cm³/mol. The molecule has 0 saturated heterocycles. The van der Waals surface area contributed by atoms with Gasteiger partial charge in [-0.15, -0.1) is 0 Å². The van der Waals surface area contributed by atoms with Crippen LogP contribution >= 0.6 is 0 Å². The summed E-state index contributed by atoms with van der Waals surface area (Å²) < 4.78 is 28.1. The molecule has 6 nitrogen and oxygen atoms in total. The van der Waals surface area contributed by atoms with E-state index in [0.717, 1.165) is 0 Å². The molecule has 0 spiro atoms. The van der Waals surface area contributed by atoms with E-state index in [4.69, 9.17) is 5.73 Å². The lowest BCUT2D eigenvalue weighted by atomic mass is 10.1. The Hall–Kier alpha value is -1.86. The van der Waals surface area contributed by atoms with Crippen LogP contribution in [0.4, 0.5) is 5.69 Å². The van der Waals surface area contributed by atoms with Gasteiger partial charge in [-0.3, -0.25) is 0 Å². The maximum Gasteiger partial charge on any atom is 0.241 e. The maximum absolute atomic E-state index is 12.7. The minimum atomic E-state index is -3.67. The minimum Gasteiger partial charge on any atom is -0.398 e. The number of benzene rings is 1. The molecule has 4 N–H and O–H groups in total. The van der Waals surface area contributed by atoms with Crippen LogP contribution in [-0.4, -0.2) is 18.4 Å². The van der Waals surface area contributed by atoms with Crippen molar-refractivity contribution < 1.29 is 8.42 Å². The van der Waals surface area contributed by atoms with Crippen molar-refractivity contribution in [3.8, 4) is 0 Å². The summed E-state index contributed by atoms with van der Waals surface area (Å²) in [5, 5.41) is 0. The van der Waals surface area contributed by atoms with Gasteiger partial charge in [0, 0.05) is 18.1 Å². The van der Waals surface area contributed by atoms with E-state index >= 15 is 0 Å². The molecule has 1 atom stereocenters. The van der Waals surface area contributed by atoms with Gasteiger partial charge in [-0.2, -0.15) is 0 Å². The summed E-state index contributed by atoms with van der Waals surface area (Å²) in [6.07, 6.45) is 3.86. The van der Waals surface area contributed by atoms with Gasteiger partial charge in [0.1, 0.15) is 5.82 Å². The third-order valence-electron chi connectivity index (χ3n) is 3.47. The van der Waals surface area contributed by atoms with Crippen LogP contribution in [0.1, 0.15) is 36.3 Å². The molecule has 1 aromatic carbocycles. The number of nitrogens with zero attached hydrogens (tertiary/aromatic N) is 1. The normalized spacial score (nSPS) is 13.3. The van der Waals surface area contributed by atoms with E-state index in [9.17, 15) is 8.42 Å². The van der Waals surface area contributed by atoms with E-state index in [1.165, 1.54) is 0 Å². The number of nitrogen functional groups attached to an aromatic ring is 1. The topological polar surface area (TPSA) is 101 Å². The molecule has 2 rings (SSSR count). The second-order valence-corrected chi connectivity index (χ2v) is 6.63. The summed E-state index contributed by atoms with van der Waals surface area (Å²) in [7, 11) is -3.67. The highest BCUT2D eigenvalue weighted by Gasteiger charge is 2.25. The Balaban J connectivity index is 2.41. The molecule has 7 heteroatoms. The van der Waals surface area contributed by atoms with Gasteiger partial charge < -0.3 is 10.7 Å². The monoisotopic (exact) mass is 308 g/mol. The zero-order valence-electron chi connectivity index (χ0n) is 12.3. The Bertz CT molecular complexity index is 724. The van der Waals surface area contributed by atoms with Crippen molar-refractivity contribution in [3.05, 3.63) is 41.5 Å². The summed E-state index contributed by atoms with van der Waals surface area (Å²) >= 11 is 0. The molecule has 1 heterocycles. The van der Waals surface area contributed by atoms with Crippen LogP contribution in [0.15, 0.2) is 29.4 Å². The lowest BCUT2D eigenvalue weighted by molar-refractivity contribution is 0.538. The molecular weight excluding hydrogens is 288 g/mol. The van der Waals surface area contributed by atoms with Gasteiger partial charge in [0.05, 0.1) is 10.9 Å². The zero-order valence-corrected chi connectivity index (χ0v) is 13.2.